The quantitative estimate of drug-likeness (QED) is 0.855. The van der Waals surface area contributed by atoms with Gasteiger partial charge in [-0.25, -0.2) is 0 Å². The van der Waals surface area contributed by atoms with Gasteiger partial charge in [-0.15, -0.1) is 0 Å². The minimum atomic E-state index is -0.346. The number of carbonyl (C=O) groups is 3. The number of carbonyl (C=O) groups excluding carboxylic acids is 3. The van der Waals surface area contributed by atoms with Crippen LogP contribution in [0.4, 0.5) is 5.69 Å². The number of Topliss-reactive ketones (excluding diaryl/α,β-unsaturated/α-hetero) is 1. The average molecular weight is 330 g/mol. The first-order chi connectivity index (χ1) is 11.5. The van der Waals surface area contributed by atoms with Crippen molar-refractivity contribution in [2.24, 2.45) is 5.92 Å². The van der Waals surface area contributed by atoms with Gasteiger partial charge in [-0.05, 0) is 31.9 Å². The Morgan fingerprint density at radius 1 is 1.25 bits per heavy atom. The standard InChI is InChI=1S/C18H22N2O4/c1-12(21)13-3-2-4-15(9-13)19-18(23)14-10-17(22)20(11-14)16-5-7-24-8-6-16/h2-4,9,14,16H,5-8,10-11H2,1H3,(H,19,23). The highest BCUT2D eigenvalue weighted by atomic mass is 16.5. The molecule has 24 heavy (non-hydrogen) atoms. The van der Waals surface area contributed by atoms with Crippen molar-refractivity contribution in [3.8, 4) is 0 Å². The van der Waals surface area contributed by atoms with Crippen molar-refractivity contribution >= 4 is 23.3 Å². The van der Waals surface area contributed by atoms with Gasteiger partial charge in [-0.1, -0.05) is 12.1 Å². The molecule has 1 unspecified atom stereocenters. The molecule has 1 aromatic rings. The molecule has 2 aliphatic heterocycles. The van der Waals surface area contributed by atoms with Gasteiger partial charge in [0, 0.05) is 43.5 Å². The Kier molecular flexibility index (Phi) is 4.94. The van der Waals surface area contributed by atoms with Crippen LogP contribution >= 0.6 is 0 Å². The third-order valence-corrected chi connectivity index (χ3v) is 4.70. The van der Waals surface area contributed by atoms with Gasteiger partial charge >= 0.3 is 0 Å². The van der Waals surface area contributed by atoms with Crippen LogP contribution in [0, 0.1) is 5.92 Å². The smallest absolute Gasteiger partial charge is 0.229 e. The lowest BCUT2D eigenvalue weighted by Crippen LogP contribution is -2.41. The molecule has 2 amide bonds. The van der Waals surface area contributed by atoms with E-state index in [1.807, 2.05) is 4.90 Å². The van der Waals surface area contributed by atoms with Crippen LogP contribution < -0.4 is 5.32 Å². The molecule has 3 rings (SSSR count). The van der Waals surface area contributed by atoms with Crippen LogP contribution in [-0.4, -0.2) is 48.3 Å². The van der Waals surface area contributed by atoms with E-state index in [-0.39, 0.29) is 36.0 Å². The van der Waals surface area contributed by atoms with Gasteiger partial charge < -0.3 is 15.0 Å². The lowest BCUT2D eigenvalue weighted by Gasteiger charge is -2.31. The van der Waals surface area contributed by atoms with Crippen molar-refractivity contribution < 1.29 is 19.1 Å². The number of hydrogen-bond donors (Lipinski definition) is 1. The summed E-state index contributed by atoms with van der Waals surface area (Å²) in [6, 6.07) is 7.04. The van der Waals surface area contributed by atoms with Gasteiger partial charge in [0.2, 0.25) is 11.8 Å². The van der Waals surface area contributed by atoms with E-state index in [0.717, 1.165) is 12.8 Å². The molecule has 128 valence electrons. The number of amides is 2. The molecule has 2 aliphatic rings. The number of likely N-dealkylation sites (tertiary alicyclic amines) is 1. The normalized spacial score (nSPS) is 21.8. The molecule has 1 aromatic carbocycles. The predicted octanol–water partition coefficient (Wildman–Crippen LogP) is 1.86. The zero-order valence-corrected chi connectivity index (χ0v) is 13.8. The summed E-state index contributed by atoms with van der Waals surface area (Å²) in [6.07, 6.45) is 1.91. The summed E-state index contributed by atoms with van der Waals surface area (Å²) >= 11 is 0. The van der Waals surface area contributed by atoms with Crippen LogP contribution in [0.5, 0.6) is 0 Å². The molecule has 0 aromatic heterocycles. The fourth-order valence-electron chi connectivity index (χ4n) is 3.32. The Bertz CT molecular complexity index is 652. The van der Waals surface area contributed by atoms with Crippen LogP contribution in [0.25, 0.3) is 0 Å². The van der Waals surface area contributed by atoms with E-state index in [1.54, 1.807) is 24.3 Å². The molecule has 0 radical (unpaired) electrons. The zero-order chi connectivity index (χ0) is 17.1. The average Bonchev–Trinajstić information content (AvgIpc) is 2.98. The fourth-order valence-corrected chi connectivity index (χ4v) is 3.32. The van der Waals surface area contributed by atoms with Gasteiger partial charge in [0.25, 0.3) is 0 Å². The van der Waals surface area contributed by atoms with Gasteiger partial charge in [-0.2, -0.15) is 0 Å². The Morgan fingerprint density at radius 2 is 2.00 bits per heavy atom. The van der Waals surface area contributed by atoms with Crippen molar-refractivity contribution in [2.45, 2.75) is 32.2 Å². The SMILES string of the molecule is CC(=O)c1cccc(NC(=O)C2CC(=O)N(C3CCOCC3)C2)c1. The molecule has 1 N–H and O–H groups in total. The first-order valence-corrected chi connectivity index (χ1v) is 8.33. The summed E-state index contributed by atoms with van der Waals surface area (Å²) in [5.41, 5.74) is 1.14. The third kappa shape index (κ3) is 3.64. The highest BCUT2D eigenvalue weighted by Crippen LogP contribution is 2.26. The van der Waals surface area contributed by atoms with E-state index in [4.69, 9.17) is 4.74 Å². The molecular formula is C18H22N2O4. The summed E-state index contributed by atoms with van der Waals surface area (Å²) in [4.78, 5) is 38.0. The van der Waals surface area contributed by atoms with E-state index in [1.165, 1.54) is 6.92 Å². The maximum absolute atomic E-state index is 12.5. The van der Waals surface area contributed by atoms with Crippen molar-refractivity contribution in [3.05, 3.63) is 29.8 Å². The highest BCUT2D eigenvalue weighted by molar-refractivity contribution is 5.99. The van der Waals surface area contributed by atoms with Crippen molar-refractivity contribution in [1.82, 2.24) is 4.90 Å². The Hall–Kier alpha value is -2.21. The van der Waals surface area contributed by atoms with Gasteiger partial charge in [0.1, 0.15) is 0 Å². The summed E-state index contributed by atoms with van der Waals surface area (Å²) in [5, 5.41) is 2.83. The topological polar surface area (TPSA) is 75.7 Å². The summed E-state index contributed by atoms with van der Waals surface area (Å²) in [6.45, 7) is 3.29. The maximum atomic E-state index is 12.5. The van der Waals surface area contributed by atoms with Crippen molar-refractivity contribution in [2.75, 3.05) is 25.1 Å². The summed E-state index contributed by atoms with van der Waals surface area (Å²) < 4.78 is 5.33. The second-order valence-corrected chi connectivity index (χ2v) is 6.42. The van der Waals surface area contributed by atoms with E-state index in [2.05, 4.69) is 5.32 Å². The van der Waals surface area contributed by atoms with Gasteiger partial charge in [-0.3, -0.25) is 14.4 Å². The van der Waals surface area contributed by atoms with E-state index in [0.29, 0.717) is 31.0 Å². The highest BCUT2D eigenvalue weighted by Gasteiger charge is 2.38. The third-order valence-electron chi connectivity index (χ3n) is 4.70. The monoisotopic (exact) mass is 330 g/mol. The largest absolute Gasteiger partial charge is 0.381 e. The van der Waals surface area contributed by atoms with E-state index >= 15 is 0 Å². The maximum Gasteiger partial charge on any atom is 0.229 e. The zero-order valence-electron chi connectivity index (χ0n) is 13.8. The number of rotatable bonds is 4. The number of nitrogens with one attached hydrogen (secondary N) is 1. The van der Waals surface area contributed by atoms with Gasteiger partial charge in [0.05, 0.1) is 5.92 Å². The Labute approximate surface area is 141 Å². The van der Waals surface area contributed by atoms with E-state index < -0.39 is 0 Å². The number of anilines is 1. The number of benzene rings is 1. The number of ketones is 1. The molecular weight excluding hydrogens is 308 g/mol. The second kappa shape index (κ2) is 7.13. The molecule has 0 spiro atoms. The number of ether oxygens (including phenoxy) is 1. The van der Waals surface area contributed by atoms with Crippen LogP contribution in [0.15, 0.2) is 24.3 Å². The Morgan fingerprint density at radius 3 is 2.71 bits per heavy atom. The predicted molar refractivity (Wildman–Crippen MR) is 88.7 cm³/mol. The van der Waals surface area contributed by atoms with Crippen LogP contribution in [0.1, 0.15) is 36.5 Å². The van der Waals surface area contributed by atoms with Crippen LogP contribution in [0.3, 0.4) is 0 Å². The molecule has 2 saturated heterocycles. The lowest BCUT2D eigenvalue weighted by atomic mass is 10.1. The molecule has 0 aliphatic carbocycles. The minimum absolute atomic E-state index is 0.0412. The summed E-state index contributed by atoms with van der Waals surface area (Å²) in [7, 11) is 0. The summed E-state index contributed by atoms with van der Waals surface area (Å²) in [5.74, 6) is -0.521. The lowest BCUT2D eigenvalue weighted by molar-refractivity contribution is -0.131. The number of hydrogen-bond acceptors (Lipinski definition) is 4. The first-order valence-electron chi connectivity index (χ1n) is 8.33. The molecule has 2 fully saturated rings. The molecule has 6 nitrogen and oxygen atoms in total. The minimum Gasteiger partial charge on any atom is -0.381 e. The van der Waals surface area contributed by atoms with Gasteiger partial charge in [0.15, 0.2) is 5.78 Å². The van der Waals surface area contributed by atoms with Crippen LogP contribution in [-0.2, 0) is 14.3 Å². The number of nitrogens with zero attached hydrogens (tertiary/aromatic N) is 1. The molecule has 1 atom stereocenters. The molecule has 0 saturated carbocycles. The van der Waals surface area contributed by atoms with E-state index in [9.17, 15) is 14.4 Å². The fraction of sp³-hybridized carbons (Fsp3) is 0.500. The molecule has 6 heteroatoms. The molecule has 0 bridgehead atoms. The van der Waals surface area contributed by atoms with Crippen molar-refractivity contribution in [3.63, 3.8) is 0 Å². The Balaban J connectivity index is 1.62. The molecule has 2 heterocycles. The first kappa shape index (κ1) is 16.6. The second-order valence-electron chi connectivity index (χ2n) is 6.42. The van der Waals surface area contributed by atoms with Crippen molar-refractivity contribution in [1.29, 1.82) is 0 Å². The van der Waals surface area contributed by atoms with Crippen LogP contribution in [0.2, 0.25) is 0 Å².